The maximum atomic E-state index is 3.57. The van der Waals surface area contributed by atoms with Crippen molar-refractivity contribution in [2.24, 2.45) is 0 Å². The molecule has 1 aromatic rings. The minimum atomic E-state index is 0.649. The lowest BCUT2D eigenvalue weighted by Gasteiger charge is -2.20. The van der Waals surface area contributed by atoms with Gasteiger partial charge in [0.2, 0.25) is 0 Å². The Labute approximate surface area is 125 Å². The highest BCUT2D eigenvalue weighted by Gasteiger charge is 2.04. The van der Waals surface area contributed by atoms with Gasteiger partial charge in [-0.3, -0.25) is 0 Å². The van der Waals surface area contributed by atoms with Crippen LogP contribution in [-0.2, 0) is 0 Å². The number of hydrogen-bond donors (Lipinski definition) is 1. The van der Waals surface area contributed by atoms with E-state index in [0.29, 0.717) is 12.0 Å². The summed E-state index contributed by atoms with van der Waals surface area (Å²) in [4.78, 5) is 2.41. The highest BCUT2D eigenvalue weighted by atomic mass is 15.1. The van der Waals surface area contributed by atoms with Crippen molar-refractivity contribution in [3.05, 3.63) is 35.9 Å². The Morgan fingerprint density at radius 1 is 1.00 bits per heavy atom. The Morgan fingerprint density at radius 2 is 1.70 bits per heavy atom. The van der Waals surface area contributed by atoms with E-state index in [1.807, 2.05) is 0 Å². The van der Waals surface area contributed by atoms with E-state index in [2.05, 4.69) is 68.4 Å². The van der Waals surface area contributed by atoms with Crippen molar-refractivity contribution in [3.63, 3.8) is 0 Å². The topological polar surface area (TPSA) is 15.3 Å². The van der Waals surface area contributed by atoms with Crippen LogP contribution in [0, 0.1) is 0 Å². The molecule has 0 saturated carbocycles. The van der Waals surface area contributed by atoms with Crippen molar-refractivity contribution < 1.29 is 0 Å². The standard InChI is InChI=1S/C18H32N2/c1-16(2)20(4)15-9-8-13-19-14-12-17(3)18-10-6-5-7-11-18/h5-7,10-11,16-17,19H,8-9,12-15H2,1-4H3. The van der Waals surface area contributed by atoms with Crippen LogP contribution in [0.25, 0.3) is 0 Å². The molecule has 0 amide bonds. The first kappa shape index (κ1) is 17.2. The molecule has 1 rings (SSSR count). The van der Waals surface area contributed by atoms with Gasteiger partial charge in [-0.25, -0.2) is 0 Å². The summed E-state index contributed by atoms with van der Waals surface area (Å²) in [6, 6.07) is 11.5. The van der Waals surface area contributed by atoms with E-state index < -0.39 is 0 Å². The van der Waals surface area contributed by atoms with Crippen LogP contribution < -0.4 is 5.32 Å². The van der Waals surface area contributed by atoms with Gasteiger partial charge in [0, 0.05) is 6.04 Å². The van der Waals surface area contributed by atoms with Gasteiger partial charge in [-0.15, -0.1) is 0 Å². The highest BCUT2D eigenvalue weighted by Crippen LogP contribution is 2.17. The third kappa shape index (κ3) is 7.06. The van der Waals surface area contributed by atoms with Gasteiger partial charge < -0.3 is 10.2 Å². The van der Waals surface area contributed by atoms with Crippen LogP contribution in [0.5, 0.6) is 0 Å². The lowest BCUT2D eigenvalue weighted by Crippen LogP contribution is -2.28. The number of nitrogens with zero attached hydrogens (tertiary/aromatic N) is 1. The second kappa shape index (κ2) is 9.95. The second-order valence-corrected chi connectivity index (χ2v) is 6.13. The van der Waals surface area contributed by atoms with Crippen LogP contribution in [0.1, 0.15) is 51.5 Å². The second-order valence-electron chi connectivity index (χ2n) is 6.13. The van der Waals surface area contributed by atoms with Gasteiger partial charge in [-0.05, 0) is 71.3 Å². The summed E-state index contributed by atoms with van der Waals surface area (Å²) >= 11 is 0. The quantitative estimate of drug-likeness (QED) is 0.652. The van der Waals surface area contributed by atoms with E-state index >= 15 is 0 Å². The number of hydrogen-bond acceptors (Lipinski definition) is 2. The van der Waals surface area contributed by atoms with Crippen molar-refractivity contribution in [3.8, 4) is 0 Å². The first-order chi connectivity index (χ1) is 9.61. The Bertz CT molecular complexity index is 335. The van der Waals surface area contributed by atoms with Crippen molar-refractivity contribution >= 4 is 0 Å². The van der Waals surface area contributed by atoms with Gasteiger partial charge in [0.25, 0.3) is 0 Å². The average molecular weight is 276 g/mol. The zero-order valence-electron chi connectivity index (χ0n) is 13.7. The summed E-state index contributed by atoms with van der Waals surface area (Å²) in [7, 11) is 2.21. The molecule has 1 atom stereocenters. The van der Waals surface area contributed by atoms with Crippen molar-refractivity contribution in [2.75, 3.05) is 26.7 Å². The number of unbranched alkanes of at least 4 members (excludes halogenated alkanes) is 1. The maximum absolute atomic E-state index is 3.57. The fraction of sp³-hybridized carbons (Fsp3) is 0.667. The molecule has 0 saturated heterocycles. The molecule has 2 heteroatoms. The summed E-state index contributed by atoms with van der Waals surface area (Å²) in [5.74, 6) is 0.649. The summed E-state index contributed by atoms with van der Waals surface area (Å²) < 4.78 is 0. The summed E-state index contributed by atoms with van der Waals surface area (Å²) in [5, 5.41) is 3.57. The Hall–Kier alpha value is -0.860. The molecule has 0 aliphatic heterocycles. The van der Waals surface area contributed by atoms with Crippen LogP contribution >= 0.6 is 0 Å². The lowest BCUT2D eigenvalue weighted by molar-refractivity contribution is 0.268. The molecule has 1 unspecified atom stereocenters. The third-order valence-electron chi connectivity index (χ3n) is 4.12. The molecule has 0 aromatic heterocycles. The zero-order valence-corrected chi connectivity index (χ0v) is 13.7. The van der Waals surface area contributed by atoms with Gasteiger partial charge in [0.15, 0.2) is 0 Å². The fourth-order valence-electron chi connectivity index (χ4n) is 2.26. The molecule has 0 bridgehead atoms. The first-order valence-corrected chi connectivity index (χ1v) is 8.07. The molecule has 1 N–H and O–H groups in total. The van der Waals surface area contributed by atoms with Crippen LogP contribution in [0.4, 0.5) is 0 Å². The molecule has 114 valence electrons. The molecule has 0 aliphatic rings. The minimum absolute atomic E-state index is 0.649. The van der Waals surface area contributed by atoms with Crippen LogP contribution in [0.2, 0.25) is 0 Å². The van der Waals surface area contributed by atoms with Gasteiger partial charge in [-0.2, -0.15) is 0 Å². The van der Waals surface area contributed by atoms with E-state index in [1.54, 1.807) is 0 Å². The minimum Gasteiger partial charge on any atom is -0.317 e. The fourth-order valence-corrected chi connectivity index (χ4v) is 2.26. The molecule has 1 aromatic carbocycles. The van der Waals surface area contributed by atoms with E-state index in [9.17, 15) is 0 Å². The predicted molar refractivity (Wildman–Crippen MR) is 89.3 cm³/mol. The van der Waals surface area contributed by atoms with Crippen LogP contribution in [-0.4, -0.2) is 37.6 Å². The van der Waals surface area contributed by atoms with E-state index in [-0.39, 0.29) is 0 Å². The number of benzene rings is 1. The van der Waals surface area contributed by atoms with Crippen molar-refractivity contribution in [1.82, 2.24) is 10.2 Å². The molecule has 0 spiro atoms. The number of nitrogens with one attached hydrogen (secondary N) is 1. The summed E-state index contributed by atoms with van der Waals surface area (Å²) in [6.07, 6.45) is 3.78. The summed E-state index contributed by atoms with van der Waals surface area (Å²) in [6.45, 7) is 10.3. The van der Waals surface area contributed by atoms with Gasteiger partial charge >= 0.3 is 0 Å². The Morgan fingerprint density at radius 3 is 2.35 bits per heavy atom. The molecular formula is C18H32N2. The molecule has 20 heavy (non-hydrogen) atoms. The predicted octanol–water partition coefficient (Wildman–Crippen LogP) is 3.89. The van der Waals surface area contributed by atoms with Gasteiger partial charge in [-0.1, -0.05) is 37.3 Å². The molecule has 0 fully saturated rings. The van der Waals surface area contributed by atoms with Crippen molar-refractivity contribution in [2.45, 2.75) is 52.0 Å². The number of rotatable bonds is 10. The molecular weight excluding hydrogens is 244 g/mol. The Balaban J connectivity index is 2.00. The average Bonchev–Trinajstić information content (AvgIpc) is 2.46. The molecule has 0 radical (unpaired) electrons. The van der Waals surface area contributed by atoms with Crippen molar-refractivity contribution in [1.29, 1.82) is 0 Å². The van der Waals surface area contributed by atoms with Gasteiger partial charge in [0.05, 0.1) is 0 Å². The van der Waals surface area contributed by atoms with E-state index in [4.69, 9.17) is 0 Å². The third-order valence-corrected chi connectivity index (χ3v) is 4.12. The van der Waals surface area contributed by atoms with E-state index in [1.165, 1.54) is 31.4 Å². The maximum Gasteiger partial charge on any atom is 0.00355 e. The van der Waals surface area contributed by atoms with Crippen LogP contribution in [0.3, 0.4) is 0 Å². The monoisotopic (exact) mass is 276 g/mol. The van der Waals surface area contributed by atoms with Crippen LogP contribution in [0.15, 0.2) is 30.3 Å². The molecule has 0 aliphatic carbocycles. The highest BCUT2D eigenvalue weighted by molar-refractivity contribution is 5.18. The van der Waals surface area contributed by atoms with Gasteiger partial charge in [0.1, 0.15) is 0 Å². The SMILES string of the molecule is CC(CCNCCCCN(C)C(C)C)c1ccccc1. The molecule has 2 nitrogen and oxygen atoms in total. The first-order valence-electron chi connectivity index (χ1n) is 8.07. The smallest absolute Gasteiger partial charge is 0.00355 e. The summed E-state index contributed by atoms with van der Waals surface area (Å²) in [5.41, 5.74) is 1.45. The zero-order chi connectivity index (χ0) is 14.8. The Kier molecular flexibility index (Phi) is 8.56. The largest absolute Gasteiger partial charge is 0.317 e. The van der Waals surface area contributed by atoms with E-state index in [0.717, 1.165) is 13.1 Å². The molecule has 0 heterocycles. The lowest BCUT2D eigenvalue weighted by atomic mass is 9.98. The normalized spacial score (nSPS) is 13.1.